The third-order valence-electron chi connectivity index (χ3n) is 2.28. The van der Waals surface area contributed by atoms with Crippen LogP contribution < -0.4 is 5.32 Å². The maximum atomic E-state index is 11.9. The second-order valence-corrected chi connectivity index (χ2v) is 4.40. The third-order valence-corrected chi connectivity index (χ3v) is 2.81. The van der Waals surface area contributed by atoms with Crippen LogP contribution in [0.2, 0.25) is 10.2 Å². The largest absolute Gasteiger partial charge is 0.306 e. The lowest BCUT2D eigenvalue weighted by Crippen LogP contribution is -2.13. The number of carbonyl (C=O) groups is 1. The summed E-state index contributed by atoms with van der Waals surface area (Å²) in [5.74, 6) is -0.382. The van der Waals surface area contributed by atoms with Crippen LogP contribution in [0.4, 0.5) is 11.5 Å². The van der Waals surface area contributed by atoms with E-state index in [9.17, 15) is 14.9 Å². The van der Waals surface area contributed by atoms with Crippen LogP contribution in [0.5, 0.6) is 0 Å². The molecule has 0 bridgehead atoms. The summed E-state index contributed by atoms with van der Waals surface area (Å²) in [6, 6.07) is 5.08. The first kappa shape index (κ1) is 14.2. The maximum absolute atomic E-state index is 11.9. The highest BCUT2D eigenvalue weighted by molar-refractivity contribution is 6.32. The fraction of sp³-hybridized carbons (Fsp3) is 0. The van der Waals surface area contributed by atoms with E-state index in [4.69, 9.17) is 23.2 Å². The predicted octanol–water partition coefficient (Wildman–Crippen LogP) is 2.94. The molecule has 1 aromatic carbocycles. The minimum absolute atomic E-state index is 0.0448. The van der Waals surface area contributed by atoms with Crippen LogP contribution in [0.25, 0.3) is 0 Å². The van der Waals surface area contributed by atoms with Gasteiger partial charge in [-0.1, -0.05) is 23.2 Å². The molecular weight excluding hydrogens is 307 g/mol. The van der Waals surface area contributed by atoms with Gasteiger partial charge in [-0.2, -0.15) is 0 Å². The molecule has 0 saturated carbocycles. The van der Waals surface area contributed by atoms with Crippen molar-refractivity contribution in [1.82, 2.24) is 9.97 Å². The summed E-state index contributed by atoms with van der Waals surface area (Å²) in [5.41, 5.74) is -0.268. The Hall–Kier alpha value is -2.25. The number of amides is 1. The molecule has 1 amide bonds. The standard InChI is InChI=1S/C11H6Cl2N4O3/c12-7-2-1-6(3-8(7)17(19)20)11(18)16-10-4-9(13)14-5-15-10/h1-5H,(H,14,15,16,18). The minimum Gasteiger partial charge on any atom is -0.306 e. The van der Waals surface area contributed by atoms with Crippen molar-refractivity contribution in [3.8, 4) is 0 Å². The lowest BCUT2D eigenvalue weighted by atomic mass is 10.2. The van der Waals surface area contributed by atoms with E-state index in [1.807, 2.05) is 0 Å². The molecule has 0 atom stereocenters. The summed E-state index contributed by atoms with van der Waals surface area (Å²) < 4.78 is 0. The summed E-state index contributed by atoms with van der Waals surface area (Å²) >= 11 is 11.3. The Balaban J connectivity index is 2.26. The molecule has 7 nitrogen and oxygen atoms in total. The van der Waals surface area contributed by atoms with Crippen molar-refractivity contribution in [1.29, 1.82) is 0 Å². The lowest BCUT2D eigenvalue weighted by molar-refractivity contribution is -0.384. The van der Waals surface area contributed by atoms with Gasteiger partial charge in [0, 0.05) is 17.7 Å². The van der Waals surface area contributed by atoms with Gasteiger partial charge in [0.25, 0.3) is 11.6 Å². The molecule has 1 heterocycles. The predicted molar refractivity (Wildman–Crippen MR) is 73.1 cm³/mol. The Kier molecular flexibility index (Phi) is 4.11. The van der Waals surface area contributed by atoms with Crippen LogP contribution in [-0.4, -0.2) is 20.8 Å². The van der Waals surface area contributed by atoms with Gasteiger partial charge in [-0.3, -0.25) is 14.9 Å². The van der Waals surface area contributed by atoms with Crippen LogP contribution in [0, 0.1) is 10.1 Å². The van der Waals surface area contributed by atoms with Gasteiger partial charge in [0.05, 0.1) is 4.92 Å². The monoisotopic (exact) mass is 312 g/mol. The molecule has 9 heteroatoms. The van der Waals surface area contributed by atoms with E-state index in [0.717, 1.165) is 6.07 Å². The minimum atomic E-state index is -0.666. The van der Waals surface area contributed by atoms with Crippen LogP contribution >= 0.6 is 23.2 Å². The van der Waals surface area contributed by atoms with Crippen LogP contribution in [0.1, 0.15) is 10.4 Å². The molecule has 1 N–H and O–H groups in total. The Morgan fingerprint density at radius 1 is 1.25 bits per heavy atom. The van der Waals surface area contributed by atoms with Gasteiger partial charge in [0.2, 0.25) is 0 Å². The number of aromatic nitrogens is 2. The number of rotatable bonds is 3. The summed E-state index contributed by atoms with van der Waals surface area (Å²) in [5, 5.41) is 13.3. The average Bonchev–Trinajstić information content (AvgIpc) is 2.38. The quantitative estimate of drug-likeness (QED) is 0.533. The third kappa shape index (κ3) is 3.19. The van der Waals surface area contributed by atoms with Gasteiger partial charge in [0.15, 0.2) is 0 Å². The molecule has 0 unspecified atom stereocenters. The van der Waals surface area contributed by atoms with Gasteiger partial charge < -0.3 is 5.32 Å². The van der Waals surface area contributed by atoms with E-state index in [1.165, 1.54) is 24.5 Å². The fourth-order valence-electron chi connectivity index (χ4n) is 1.38. The number of carbonyl (C=O) groups excluding carboxylic acids is 1. The van der Waals surface area contributed by atoms with Gasteiger partial charge in [0.1, 0.15) is 22.3 Å². The normalized spacial score (nSPS) is 10.1. The number of hydrogen-bond acceptors (Lipinski definition) is 5. The smallest absolute Gasteiger partial charge is 0.288 e. The average molecular weight is 313 g/mol. The number of nitro groups is 1. The molecule has 1 aromatic heterocycles. The fourth-order valence-corrected chi connectivity index (χ4v) is 1.72. The number of anilines is 1. The van der Waals surface area contributed by atoms with E-state index < -0.39 is 10.8 Å². The van der Waals surface area contributed by atoms with E-state index in [1.54, 1.807) is 0 Å². The van der Waals surface area contributed by atoms with Crippen molar-refractivity contribution in [3.05, 3.63) is 56.4 Å². The first-order chi connectivity index (χ1) is 9.47. The first-order valence-electron chi connectivity index (χ1n) is 5.20. The van der Waals surface area contributed by atoms with Gasteiger partial charge in [-0.15, -0.1) is 0 Å². The van der Waals surface area contributed by atoms with Crippen molar-refractivity contribution < 1.29 is 9.72 Å². The van der Waals surface area contributed by atoms with Crippen molar-refractivity contribution in [2.75, 3.05) is 5.32 Å². The molecule has 0 aliphatic carbocycles. The summed E-state index contributed by atoms with van der Waals surface area (Å²) in [7, 11) is 0. The van der Waals surface area contributed by atoms with E-state index in [0.29, 0.717) is 0 Å². The molecule has 0 aliphatic heterocycles. The molecule has 20 heavy (non-hydrogen) atoms. The Labute approximate surface area is 122 Å². The van der Waals surface area contributed by atoms with Crippen LogP contribution in [0.15, 0.2) is 30.6 Å². The van der Waals surface area contributed by atoms with Crippen molar-refractivity contribution >= 4 is 40.6 Å². The van der Waals surface area contributed by atoms with E-state index in [-0.39, 0.29) is 27.2 Å². The second-order valence-electron chi connectivity index (χ2n) is 3.60. The molecule has 0 radical (unpaired) electrons. The van der Waals surface area contributed by atoms with E-state index >= 15 is 0 Å². The highest BCUT2D eigenvalue weighted by atomic mass is 35.5. The Morgan fingerprint density at radius 2 is 2.00 bits per heavy atom. The molecule has 0 aliphatic rings. The van der Waals surface area contributed by atoms with Crippen LogP contribution in [0.3, 0.4) is 0 Å². The number of halogens is 2. The molecule has 102 valence electrons. The summed E-state index contributed by atoms with van der Waals surface area (Å²) in [6.45, 7) is 0. The lowest BCUT2D eigenvalue weighted by Gasteiger charge is -2.04. The topological polar surface area (TPSA) is 98.0 Å². The highest BCUT2D eigenvalue weighted by Crippen LogP contribution is 2.25. The molecular formula is C11H6Cl2N4O3. The zero-order valence-corrected chi connectivity index (χ0v) is 11.2. The Morgan fingerprint density at radius 3 is 2.65 bits per heavy atom. The van der Waals surface area contributed by atoms with E-state index in [2.05, 4.69) is 15.3 Å². The second kappa shape index (κ2) is 5.81. The number of benzene rings is 1. The van der Waals surface area contributed by atoms with Crippen molar-refractivity contribution in [2.24, 2.45) is 0 Å². The zero-order chi connectivity index (χ0) is 14.7. The van der Waals surface area contributed by atoms with Gasteiger partial charge in [-0.25, -0.2) is 9.97 Å². The Bertz CT molecular complexity index is 693. The summed E-state index contributed by atoms with van der Waals surface area (Å²) in [4.78, 5) is 29.5. The van der Waals surface area contributed by atoms with Crippen LogP contribution in [-0.2, 0) is 0 Å². The SMILES string of the molecule is O=C(Nc1cc(Cl)ncn1)c1ccc(Cl)c([N+](=O)[O-])c1. The first-order valence-corrected chi connectivity index (χ1v) is 5.96. The number of nitrogens with one attached hydrogen (secondary N) is 1. The number of hydrogen-bond donors (Lipinski definition) is 1. The summed E-state index contributed by atoms with van der Waals surface area (Å²) in [6.07, 6.45) is 1.18. The zero-order valence-electron chi connectivity index (χ0n) is 9.71. The molecule has 0 fully saturated rings. The molecule has 0 spiro atoms. The van der Waals surface area contributed by atoms with Crippen molar-refractivity contribution in [3.63, 3.8) is 0 Å². The van der Waals surface area contributed by atoms with Gasteiger partial charge in [-0.05, 0) is 12.1 Å². The molecule has 2 aromatic rings. The number of nitrogens with zero attached hydrogens (tertiary/aromatic N) is 3. The highest BCUT2D eigenvalue weighted by Gasteiger charge is 2.16. The molecule has 0 saturated heterocycles. The van der Waals surface area contributed by atoms with Gasteiger partial charge >= 0.3 is 0 Å². The van der Waals surface area contributed by atoms with Crippen molar-refractivity contribution in [2.45, 2.75) is 0 Å². The number of nitro benzene ring substituents is 1. The maximum Gasteiger partial charge on any atom is 0.288 e. The molecule has 2 rings (SSSR count).